The van der Waals surface area contributed by atoms with E-state index in [1.165, 1.54) is 0 Å². The summed E-state index contributed by atoms with van der Waals surface area (Å²) in [5.41, 5.74) is 0. The average Bonchev–Trinajstić information content (AvgIpc) is 1.79. The van der Waals surface area contributed by atoms with Gasteiger partial charge in [-0.2, -0.15) is 0 Å². The van der Waals surface area contributed by atoms with E-state index in [2.05, 4.69) is 76.0 Å². The molecular formula is C10H28N4. The molecule has 0 aromatic rings. The van der Waals surface area contributed by atoms with Crippen LogP contribution < -0.4 is 0 Å². The smallest absolute Gasteiger partial charge is 0.0495 e. The summed E-state index contributed by atoms with van der Waals surface area (Å²) in [7, 11) is 16.4. The third-order valence-corrected chi connectivity index (χ3v) is 1.13. The third-order valence-electron chi connectivity index (χ3n) is 1.13. The SMILES string of the molecule is CN(C)CN(C)C.CN(C)CN(C)C. The molecule has 0 atom stereocenters. The lowest BCUT2D eigenvalue weighted by atomic mass is 10.8. The molecule has 4 nitrogen and oxygen atoms in total. The second-order valence-corrected chi connectivity index (χ2v) is 4.60. The predicted octanol–water partition coefficient (Wildman–Crippen LogP) is 0.134. The highest BCUT2D eigenvalue weighted by Crippen LogP contribution is 1.75. The molecule has 0 heterocycles. The minimum atomic E-state index is 1.03. The summed E-state index contributed by atoms with van der Waals surface area (Å²) in [4.78, 5) is 8.50. The second kappa shape index (κ2) is 9.40. The van der Waals surface area contributed by atoms with Crippen LogP contribution in [0.25, 0.3) is 0 Å². The summed E-state index contributed by atoms with van der Waals surface area (Å²) in [6.45, 7) is 2.06. The molecule has 0 radical (unpaired) electrons. The Balaban J connectivity index is 0. The Labute approximate surface area is 90.1 Å². The maximum atomic E-state index is 2.12. The molecular weight excluding hydrogens is 176 g/mol. The summed E-state index contributed by atoms with van der Waals surface area (Å²) in [6, 6.07) is 0. The van der Waals surface area contributed by atoms with Crippen molar-refractivity contribution in [2.45, 2.75) is 0 Å². The van der Waals surface area contributed by atoms with Crippen LogP contribution in [-0.4, -0.2) is 89.3 Å². The molecule has 4 heteroatoms. The van der Waals surface area contributed by atoms with Gasteiger partial charge in [0.15, 0.2) is 0 Å². The van der Waals surface area contributed by atoms with Crippen LogP contribution in [0.5, 0.6) is 0 Å². The predicted molar refractivity (Wildman–Crippen MR) is 64.5 cm³/mol. The van der Waals surface area contributed by atoms with Crippen molar-refractivity contribution in [3.8, 4) is 0 Å². The van der Waals surface area contributed by atoms with Gasteiger partial charge in [-0.15, -0.1) is 0 Å². The zero-order valence-corrected chi connectivity index (χ0v) is 11.2. The van der Waals surface area contributed by atoms with Gasteiger partial charge in [-0.1, -0.05) is 0 Å². The molecule has 0 spiro atoms. The molecule has 0 aliphatic rings. The van der Waals surface area contributed by atoms with Gasteiger partial charge in [0, 0.05) is 13.3 Å². The van der Waals surface area contributed by atoms with E-state index >= 15 is 0 Å². The van der Waals surface area contributed by atoms with Crippen LogP contribution >= 0.6 is 0 Å². The maximum Gasteiger partial charge on any atom is 0.0495 e. The molecule has 0 bridgehead atoms. The van der Waals surface area contributed by atoms with Gasteiger partial charge in [0.05, 0.1) is 0 Å². The molecule has 0 aliphatic heterocycles. The molecule has 14 heavy (non-hydrogen) atoms. The van der Waals surface area contributed by atoms with Gasteiger partial charge in [0.25, 0.3) is 0 Å². The first-order valence-electron chi connectivity index (χ1n) is 4.84. The zero-order chi connectivity index (χ0) is 11.7. The topological polar surface area (TPSA) is 13.0 Å². The molecule has 0 aromatic heterocycles. The van der Waals surface area contributed by atoms with E-state index in [1.807, 2.05) is 0 Å². The molecule has 88 valence electrons. The van der Waals surface area contributed by atoms with Crippen molar-refractivity contribution in [2.75, 3.05) is 69.7 Å². The monoisotopic (exact) mass is 204 g/mol. The minimum absolute atomic E-state index is 1.03. The van der Waals surface area contributed by atoms with Crippen LogP contribution in [0.2, 0.25) is 0 Å². The van der Waals surface area contributed by atoms with E-state index in [9.17, 15) is 0 Å². The van der Waals surface area contributed by atoms with Gasteiger partial charge >= 0.3 is 0 Å². The Kier molecular flexibility index (Phi) is 10.9. The molecule has 0 fully saturated rings. The second-order valence-electron chi connectivity index (χ2n) is 4.60. The summed E-state index contributed by atoms with van der Waals surface area (Å²) in [6.07, 6.45) is 0. The lowest BCUT2D eigenvalue weighted by Gasteiger charge is -2.14. The van der Waals surface area contributed by atoms with Crippen molar-refractivity contribution < 1.29 is 0 Å². The molecule has 0 saturated carbocycles. The Bertz CT molecular complexity index is 84.7. The fraction of sp³-hybridized carbons (Fsp3) is 1.00. The van der Waals surface area contributed by atoms with Crippen LogP contribution in [-0.2, 0) is 0 Å². The first kappa shape index (κ1) is 16.3. The normalized spacial score (nSPS) is 11.1. The first-order valence-corrected chi connectivity index (χ1v) is 4.84. The van der Waals surface area contributed by atoms with Crippen molar-refractivity contribution >= 4 is 0 Å². The van der Waals surface area contributed by atoms with Crippen molar-refractivity contribution in [3.05, 3.63) is 0 Å². The summed E-state index contributed by atoms with van der Waals surface area (Å²) >= 11 is 0. The van der Waals surface area contributed by atoms with E-state index in [-0.39, 0.29) is 0 Å². The van der Waals surface area contributed by atoms with Crippen LogP contribution in [0.3, 0.4) is 0 Å². The summed E-state index contributed by atoms with van der Waals surface area (Å²) in [5.74, 6) is 0. The Hall–Kier alpha value is -0.160. The molecule has 0 unspecified atom stereocenters. The van der Waals surface area contributed by atoms with Crippen LogP contribution in [0, 0.1) is 0 Å². The van der Waals surface area contributed by atoms with E-state index in [4.69, 9.17) is 0 Å². The Morgan fingerprint density at radius 2 is 0.571 bits per heavy atom. The van der Waals surface area contributed by atoms with E-state index < -0.39 is 0 Å². The van der Waals surface area contributed by atoms with Gasteiger partial charge in [-0.25, -0.2) is 0 Å². The lowest BCUT2D eigenvalue weighted by Crippen LogP contribution is -2.26. The lowest BCUT2D eigenvalue weighted by molar-refractivity contribution is 0.245. The summed E-state index contributed by atoms with van der Waals surface area (Å²) < 4.78 is 0. The van der Waals surface area contributed by atoms with Gasteiger partial charge in [0.2, 0.25) is 0 Å². The quantitative estimate of drug-likeness (QED) is 0.604. The molecule has 0 aliphatic carbocycles. The third kappa shape index (κ3) is 22.6. The van der Waals surface area contributed by atoms with E-state index in [1.54, 1.807) is 0 Å². The standard InChI is InChI=1S/2C5H14N2/c2*1-6(2)5-7(3)4/h2*5H2,1-4H3. The van der Waals surface area contributed by atoms with Crippen molar-refractivity contribution in [3.63, 3.8) is 0 Å². The maximum absolute atomic E-state index is 2.12. The van der Waals surface area contributed by atoms with Gasteiger partial charge in [0.1, 0.15) is 0 Å². The highest BCUT2D eigenvalue weighted by atomic mass is 15.3. The summed E-state index contributed by atoms with van der Waals surface area (Å²) in [5, 5.41) is 0. The Morgan fingerprint density at radius 1 is 0.429 bits per heavy atom. The average molecular weight is 204 g/mol. The highest BCUT2D eigenvalue weighted by molar-refractivity contribution is 4.36. The number of hydrogen-bond donors (Lipinski definition) is 0. The fourth-order valence-corrected chi connectivity index (χ4v) is 1.13. The van der Waals surface area contributed by atoms with Crippen molar-refractivity contribution in [1.82, 2.24) is 19.6 Å². The zero-order valence-electron chi connectivity index (χ0n) is 11.2. The van der Waals surface area contributed by atoms with E-state index in [0.29, 0.717) is 0 Å². The molecule has 0 rings (SSSR count). The first-order chi connectivity index (χ1) is 6.25. The van der Waals surface area contributed by atoms with Crippen LogP contribution in [0.4, 0.5) is 0 Å². The van der Waals surface area contributed by atoms with Crippen molar-refractivity contribution in [2.24, 2.45) is 0 Å². The van der Waals surface area contributed by atoms with E-state index in [0.717, 1.165) is 13.3 Å². The van der Waals surface area contributed by atoms with Crippen LogP contribution in [0.1, 0.15) is 0 Å². The number of rotatable bonds is 4. The van der Waals surface area contributed by atoms with Crippen LogP contribution in [0.15, 0.2) is 0 Å². The highest BCUT2D eigenvalue weighted by Gasteiger charge is 1.88. The van der Waals surface area contributed by atoms with Crippen molar-refractivity contribution in [1.29, 1.82) is 0 Å². The molecule has 0 aromatic carbocycles. The Morgan fingerprint density at radius 3 is 0.571 bits per heavy atom. The number of hydrogen-bond acceptors (Lipinski definition) is 4. The van der Waals surface area contributed by atoms with Gasteiger partial charge in [-0.05, 0) is 56.4 Å². The number of nitrogens with zero attached hydrogens (tertiary/aromatic N) is 4. The van der Waals surface area contributed by atoms with Gasteiger partial charge in [-0.3, -0.25) is 19.6 Å². The molecule has 0 N–H and O–H groups in total. The minimum Gasteiger partial charge on any atom is -0.297 e. The molecule has 0 saturated heterocycles. The fourth-order valence-electron chi connectivity index (χ4n) is 1.13. The molecule has 0 amide bonds. The largest absolute Gasteiger partial charge is 0.297 e. The van der Waals surface area contributed by atoms with Gasteiger partial charge < -0.3 is 0 Å².